The molecule has 0 radical (unpaired) electrons. The van der Waals surface area contributed by atoms with E-state index in [1.807, 2.05) is 0 Å². The molecule has 1 saturated heterocycles. The molecule has 0 spiro atoms. The number of halogens is 3. The van der Waals surface area contributed by atoms with Gasteiger partial charge in [0.1, 0.15) is 11.5 Å². The number of rotatable bonds is 2. The molecule has 1 aliphatic heterocycles. The molecule has 1 aromatic heterocycles. The highest BCUT2D eigenvalue weighted by atomic mass is 19.4. The molecular weight excluding hydrogens is 273 g/mol. The van der Waals surface area contributed by atoms with Crippen LogP contribution in [0.3, 0.4) is 0 Å². The molecule has 8 heteroatoms. The van der Waals surface area contributed by atoms with E-state index < -0.39 is 17.9 Å². The zero-order valence-electron chi connectivity index (χ0n) is 11.1. The van der Waals surface area contributed by atoms with E-state index in [-0.39, 0.29) is 11.8 Å². The Kier molecular flexibility index (Phi) is 4.03. The van der Waals surface area contributed by atoms with Crippen molar-refractivity contribution in [1.82, 2.24) is 14.9 Å². The molecule has 2 rings (SSSR count). The van der Waals surface area contributed by atoms with Crippen molar-refractivity contribution in [2.75, 3.05) is 13.1 Å². The number of hydrogen-bond acceptors (Lipinski definition) is 3. The Bertz CT molecular complexity index is 475. The number of nitrogens with zero attached hydrogens (tertiary/aromatic N) is 2. The average Bonchev–Trinajstić information content (AvgIpc) is 2.87. The fourth-order valence-corrected chi connectivity index (χ4v) is 2.35. The van der Waals surface area contributed by atoms with Gasteiger partial charge in [0, 0.05) is 19.0 Å². The lowest BCUT2D eigenvalue weighted by Crippen LogP contribution is -2.45. The minimum Gasteiger partial charge on any atom is -0.341 e. The van der Waals surface area contributed by atoms with E-state index in [0.29, 0.717) is 31.8 Å². The van der Waals surface area contributed by atoms with Crippen molar-refractivity contribution in [1.29, 1.82) is 0 Å². The third-order valence-electron chi connectivity index (χ3n) is 3.48. The summed E-state index contributed by atoms with van der Waals surface area (Å²) in [5.41, 5.74) is 4.70. The lowest BCUT2D eigenvalue weighted by molar-refractivity contribution is -0.141. The molecule has 5 nitrogen and oxygen atoms in total. The first-order valence-electron chi connectivity index (χ1n) is 6.45. The van der Waals surface area contributed by atoms with Crippen LogP contribution in [0.15, 0.2) is 6.20 Å². The number of H-pyrrole nitrogens is 1. The van der Waals surface area contributed by atoms with Crippen molar-refractivity contribution >= 4 is 5.91 Å². The SMILES string of the molecule is C[C@@H](N)C(=O)N1CCC(c2ncc(C(F)(F)F)[nH]2)CC1. The minimum absolute atomic E-state index is 0.0803. The molecule has 20 heavy (non-hydrogen) atoms. The zero-order valence-corrected chi connectivity index (χ0v) is 11.1. The van der Waals surface area contributed by atoms with Gasteiger partial charge >= 0.3 is 6.18 Å². The number of aromatic amines is 1. The van der Waals surface area contributed by atoms with Crippen molar-refractivity contribution in [3.63, 3.8) is 0 Å². The summed E-state index contributed by atoms with van der Waals surface area (Å²) in [6, 6.07) is -0.549. The second-order valence-electron chi connectivity index (χ2n) is 5.07. The maximum Gasteiger partial charge on any atom is 0.432 e. The van der Waals surface area contributed by atoms with Gasteiger partial charge in [0.25, 0.3) is 0 Å². The van der Waals surface area contributed by atoms with E-state index in [2.05, 4.69) is 9.97 Å². The largest absolute Gasteiger partial charge is 0.432 e. The fourth-order valence-electron chi connectivity index (χ4n) is 2.35. The van der Waals surface area contributed by atoms with E-state index in [0.717, 1.165) is 6.20 Å². The van der Waals surface area contributed by atoms with Crippen LogP contribution in [-0.4, -0.2) is 39.9 Å². The van der Waals surface area contributed by atoms with Crippen molar-refractivity contribution < 1.29 is 18.0 Å². The lowest BCUT2D eigenvalue weighted by Gasteiger charge is -2.32. The van der Waals surface area contributed by atoms with Crippen LogP contribution in [0.1, 0.15) is 37.2 Å². The number of carbonyl (C=O) groups is 1. The van der Waals surface area contributed by atoms with Crippen LogP contribution >= 0.6 is 0 Å². The highest BCUT2D eigenvalue weighted by Gasteiger charge is 2.34. The fraction of sp³-hybridized carbons (Fsp3) is 0.667. The molecule has 1 fully saturated rings. The predicted molar refractivity (Wildman–Crippen MR) is 65.8 cm³/mol. The van der Waals surface area contributed by atoms with Gasteiger partial charge in [0.2, 0.25) is 5.91 Å². The van der Waals surface area contributed by atoms with Crippen LogP contribution in [0.4, 0.5) is 13.2 Å². The second-order valence-corrected chi connectivity index (χ2v) is 5.07. The number of alkyl halides is 3. The van der Waals surface area contributed by atoms with Crippen LogP contribution in [-0.2, 0) is 11.0 Å². The summed E-state index contributed by atoms with van der Waals surface area (Å²) in [5.74, 6) is 0.132. The Labute approximate surface area is 114 Å². The van der Waals surface area contributed by atoms with E-state index in [1.165, 1.54) is 0 Å². The van der Waals surface area contributed by atoms with Crippen molar-refractivity contribution in [2.24, 2.45) is 5.73 Å². The first-order chi connectivity index (χ1) is 9.29. The first kappa shape index (κ1) is 14.8. The molecular formula is C12H17F3N4O. The summed E-state index contributed by atoms with van der Waals surface area (Å²) in [7, 11) is 0. The Balaban J connectivity index is 1.97. The van der Waals surface area contributed by atoms with Crippen molar-refractivity contribution in [3.8, 4) is 0 Å². The van der Waals surface area contributed by atoms with Gasteiger partial charge in [-0.15, -0.1) is 0 Å². The number of imidazole rings is 1. The number of hydrogen-bond donors (Lipinski definition) is 2. The van der Waals surface area contributed by atoms with Crippen molar-refractivity contribution in [3.05, 3.63) is 17.7 Å². The van der Waals surface area contributed by atoms with Crippen LogP contribution in [0.5, 0.6) is 0 Å². The minimum atomic E-state index is -4.41. The second kappa shape index (κ2) is 5.43. The van der Waals surface area contributed by atoms with Gasteiger partial charge in [-0.05, 0) is 19.8 Å². The third-order valence-corrected chi connectivity index (χ3v) is 3.48. The number of nitrogens with two attached hydrogens (primary N) is 1. The van der Waals surface area contributed by atoms with Gasteiger partial charge < -0.3 is 15.6 Å². The molecule has 3 N–H and O–H groups in total. The quantitative estimate of drug-likeness (QED) is 0.866. The molecule has 0 aromatic carbocycles. The van der Waals surface area contributed by atoms with Gasteiger partial charge in [-0.25, -0.2) is 4.98 Å². The predicted octanol–water partition coefficient (Wildman–Crippen LogP) is 1.48. The number of carbonyl (C=O) groups excluding carboxylic acids is 1. The van der Waals surface area contributed by atoms with Crippen LogP contribution in [0, 0.1) is 0 Å². The average molecular weight is 290 g/mol. The van der Waals surface area contributed by atoms with Crippen LogP contribution < -0.4 is 5.73 Å². The molecule has 0 aliphatic carbocycles. The number of piperidine rings is 1. The number of nitrogens with one attached hydrogen (secondary N) is 1. The number of amides is 1. The maximum atomic E-state index is 12.5. The van der Waals surface area contributed by atoms with E-state index in [9.17, 15) is 18.0 Å². The summed E-state index contributed by atoms with van der Waals surface area (Å²) in [6.45, 7) is 2.61. The normalized spacial score (nSPS) is 19.1. The monoisotopic (exact) mass is 290 g/mol. The summed E-state index contributed by atoms with van der Waals surface area (Å²) in [6.07, 6.45) is -2.42. The van der Waals surface area contributed by atoms with Gasteiger partial charge in [-0.2, -0.15) is 13.2 Å². The summed E-state index contributed by atoms with van der Waals surface area (Å²) >= 11 is 0. The molecule has 0 bridgehead atoms. The van der Waals surface area contributed by atoms with Gasteiger partial charge in [0.05, 0.1) is 12.2 Å². The smallest absolute Gasteiger partial charge is 0.341 e. The van der Waals surface area contributed by atoms with Crippen LogP contribution in [0.2, 0.25) is 0 Å². The van der Waals surface area contributed by atoms with Gasteiger partial charge in [-0.3, -0.25) is 4.79 Å². The molecule has 1 atom stereocenters. The number of likely N-dealkylation sites (tertiary alicyclic amines) is 1. The molecule has 2 heterocycles. The zero-order chi connectivity index (χ0) is 14.9. The third kappa shape index (κ3) is 3.12. The van der Waals surface area contributed by atoms with Crippen molar-refractivity contribution in [2.45, 2.75) is 37.9 Å². The molecule has 1 aromatic rings. The summed E-state index contributed by atoms with van der Waals surface area (Å²) in [4.78, 5) is 19.5. The molecule has 0 unspecified atom stereocenters. The highest BCUT2D eigenvalue weighted by molar-refractivity contribution is 5.81. The molecule has 112 valence electrons. The standard InChI is InChI=1S/C12H17F3N4O/c1-7(16)11(20)19-4-2-8(3-5-19)10-17-6-9(18-10)12(13,14)15/h6-8H,2-5,16H2,1H3,(H,17,18)/t7-/m1/s1. The highest BCUT2D eigenvalue weighted by Crippen LogP contribution is 2.31. The lowest BCUT2D eigenvalue weighted by atomic mass is 9.96. The Morgan fingerprint density at radius 2 is 2.10 bits per heavy atom. The Morgan fingerprint density at radius 1 is 1.50 bits per heavy atom. The molecule has 1 amide bonds. The Morgan fingerprint density at radius 3 is 2.55 bits per heavy atom. The topological polar surface area (TPSA) is 75.0 Å². The van der Waals surface area contributed by atoms with Gasteiger partial charge in [-0.1, -0.05) is 0 Å². The van der Waals surface area contributed by atoms with E-state index in [4.69, 9.17) is 5.73 Å². The molecule has 1 aliphatic rings. The summed E-state index contributed by atoms with van der Waals surface area (Å²) in [5, 5.41) is 0. The Hall–Kier alpha value is -1.57. The van der Waals surface area contributed by atoms with Gasteiger partial charge in [0.15, 0.2) is 0 Å². The van der Waals surface area contributed by atoms with Crippen LogP contribution in [0.25, 0.3) is 0 Å². The summed E-state index contributed by atoms with van der Waals surface area (Å²) < 4.78 is 37.5. The first-order valence-corrected chi connectivity index (χ1v) is 6.45. The maximum absolute atomic E-state index is 12.5. The molecule has 0 saturated carbocycles. The van der Waals surface area contributed by atoms with E-state index >= 15 is 0 Å². The van der Waals surface area contributed by atoms with E-state index in [1.54, 1.807) is 11.8 Å². The number of aromatic nitrogens is 2.